The summed E-state index contributed by atoms with van der Waals surface area (Å²) in [5, 5.41) is 25.2. The van der Waals surface area contributed by atoms with Gasteiger partial charge < -0.3 is 8.56 Å². The molecule has 0 saturated heterocycles. The summed E-state index contributed by atoms with van der Waals surface area (Å²) in [5.41, 5.74) is 0. The Labute approximate surface area is 792 Å². The van der Waals surface area contributed by atoms with Crippen LogP contribution in [-0.2, 0) is 102 Å². The Morgan fingerprint density at radius 3 is 0.158 bits per heavy atom. The molecule has 0 atom stereocenters. The molecule has 0 N–H and O–H groups in total. The molecule has 12 heteroatoms. The van der Waals surface area contributed by atoms with Crippen LogP contribution in [0.2, 0.25) is 0 Å². The summed E-state index contributed by atoms with van der Waals surface area (Å²) in [6.45, 7) is 0. The summed E-state index contributed by atoms with van der Waals surface area (Å²) < 4.78 is 0. The molecular formula is C108H96Cu6P6. The van der Waals surface area contributed by atoms with E-state index in [1.54, 1.807) is 0 Å². The molecule has 0 nitrogen and oxygen atoms in total. The van der Waals surface area contributed by atoms with Crippen molar-refractivity contribution >= 4 is 143 Å². The fourth-order valence-corrected chi connectivity index (χ4v) is 26.9. The first-order valence-electron chi connectivity index (χ1n) is 38.4. The van der Waals surface area contributed by atoms with E-state index in [2.05, 4.69) is 546 Å². The van der Waals surface area contributed by atoms with Crippen LogP contribution in [0.15, 0.2) is 546 Å². The Kier molecular flexibility index (Phi) is 46.4. The molecule has 624 valence electrons. The minimum Gasteiger partial charge on any atom is -1.00 e. The van der Waals surface area contributed by atoms with Crippen molar-refractivity contribution in [2.24, 2.45) is 0 Å². The Morgan fingerprint density at radius 1 is 0.0750 bits per heavy atom. The van der Waals surface area contributed by atoms with Gasteiger partial charge in [-0.05, 0) is 143 Å². The molecule has 0 bridgehead atoms. The van der Waals surface area contributed by atoms with Gasteiger partial charge in [0.1, 0.15) is 0 Å². The molecule has 0 aliphatic rings. The van der Waals surface area contributed by atoms with E-state index in [1.165, 1.54) is 95.5 Å². The zero-order chi connectivity index (χ0) is 77.5. The Bertz CT molecular complexity index is 4130. The van der Waals surface area contributed by atoms with Crippen molar-refractivity contribution in [1.29, 1.82) is 0 Å². The molecule has 0 saturated carbocycles. The standard InChI is InChI=1S/6C18H15P.6Cu.6H/c6*1-4-10-16(11-5-1)19(17-12-6-2-7-13-17)18-14-8-3-9-15-18;;;;;;;;;;;;/h6*1-15H;;;;;;;;;;;;/q;;;;;;6*+1;6*-1. The van der Waals surface area contributed by atoms with Gasteiger partial charge in [-0.15, -0.1) is 0 Å². The molecule has 18 aromatic rings. The molecule has 0 aromatic heterocycles. The molecule has 120 heavy (non-hydrogen) atoms. The molecule has 0 aliphatic heterocycles. The monoisotopic (exact) mass is 1960 g/mol. The van der Waals surface area contributed by atoms with Crippen molar-refractivity contribution in [3.63, 3.8) is 0 Å². The summed E-state index contributed by atoms with van der Waals surface area (Å²) in [7, 11) is -2.68. The smallest absolute Gasteiger partial charge is 1.00 e. The van der Waals surface area contributed by atoms with Crippen LogP contribution in [0.5, 0.6) is 0 Å². The van der Waals surface area contributed by atoms with E-state index in [4.69, 9.17) is 0 Å². The van der Waals surface area contributed by atoms with Crippen molar-refractivity contribution in [3.05, 3.63) is 546 Å². The first-order chi connectivity index (χ1) is 56.7. The minimum atomic E-state index is -0.446. The zero-order valence-corrected chi connectivity index (χ0v) is 76.5. The van der Waals surface area contributed by atoms with Crippen LogP contribution in [0.25, 0.3) is 0 Å². The SMILES string of the molecule is [Cu+].[Cu+].[Cu+].[Cu+].[Cu+].[Cu+].[H-].[H-].[H-].[H-].[H-].[H-].c1ccc(P(c2ccccc2)c2ccccc2)cc1.c1ccc(P(c2ccccc2)c2ccccc2)cc1.c1ccc(P(c2ccccc2)c2ccccc2)cc1.c1ccc(P(c2ccccc2)c2ccccc2)cc1.c1ccc(P(c2ccccc2)c2ccccc2)cc1.c1ccc(P(c2ccccc2)c2ccccc2)cc1. The molecule has 0 spiro atoms. The largest absolute Gasteiger partial charge is 1.00 e. The Morgan fingerprint density at radius 2 is 0.117 bits per heavy atom. The van der Waals surface area contributed by atoms with E-state index in [1.807, 2.05) is 0 Å². The second-order valence-electron chi connectivity index (χ2n) is 26.1. The quantitative estimate of drug-likeness (QED) is 0.0593. The van der Waals surface area contributed by atoms with Crippen LogP contribution >= 0.6 is 47.5 Å². The predicted molar refractivity (Wildman–Crippen MR) is 518 cm³/mol. The van der Waals surface area contributed by atoms with E-state index < -0.39 is 47.5 Å². The van der Waals surface area contributed by atoms with E-state index in [0.717, 1.165) is 0 Å². The van der Waals surface area contributed by atoms with Gasteiger partial charge in [0.15, 0.2) is 0 Å². The number of rotatable bonds is 18. The normalized spacial score (nSPS) is 10.1. The fraction of sp³-hybridized carbons (Fsp3) is 0. The molecule has 0 heterocycles. The second kappa shape index (κ2) is 56.4. The molecule has 0 aliphatic carbocycles. The minimum absolute atomic E-state index is 0. The van der Waals surface area contributed by atoms with E-state index in [-0.39, 0.29) is 111 Å². The van der Waals surface area contributed by atoms with E-state index in [9.17, 15) is 0 Å². The van der Waals surface area contributed by atoms with Gasteiger partial charge in [0, 0.05) is 0 Å². The van der Waals surface area contributed by atoms with E-state index in [0.29, 0.717) is 0 Å². The molecule has 18 rings (SSSR count). The Hall–Kier alpha value is -8.34. The molecule has 0 amide bonds. The summed E-state index contributed by atoms with van der Waals surface area (Å²) in [5.74, 6) is 0. The fourth-order valence-electron chi connectivity index (χ4n) is 13.1. The average molecular weight is 1960 g/mol. The van der Waals surface area contributed by atoms with Gasteiger partial charge in [-0.1, -0.05) is 546 Å². The Balaban J connectivity index is 0.000000742. The van der Waals surface area contributed by atoms with Gasteiger partial charge in [-0.25, -0.2) is 0 Å². The maximum absolute atomic E-state index is 2.23. The van der Waals surface area contributed by atoms with Gasteiger partial charge in [0.25, 0.3) is 0 Å². The third kappa shape index (κ3) is 30.0. The summed E-state index contributed by atoms with van der Waals surface area (Å²) in [4.78, 5) is 0. The maximum Gasteiger partial charge on any atom is 1.00 e. The molecular weight excluding hydrogens is 1860 g/mol. The van der Waals surface area contributed by atoms with Gasteiger partial charge >= 0.3 is 102 Å². The van der Waals surface area contributed by atoms with Crippen molar-refractivity contribution in [1.82, 2.24) is 0 Å². The molecule has 0 fully saturated rings. The molecule has 18 aromatic carbocycles. The van der Waals surface area contributed by atoms with Gasteiger partial charge in [0.2, 0.25) is 0 Å². The van der Waals surface area contributed by atoms with Crippen LogP contribution in [0.3, 0.4) is 0 Å². The average Bonchev–Trinajstić information content (AvgIpc) is 0.852. The zero-order valence-electron chi connectivity index (χ0n) is 71.5. The summed E-state index contributed by atoms with van der Waals surface area (Å²) >= 11 is 0. The topological polar surface area (TPSA) is 0 Å². The predicted octanol–water partition coefficient (Wildman–Crippen LogP) is 21.3. The first-order valence-corrected chi connectivity index (χ1v) is 46.5. The maximum atomic E-state index is 2.23. The molecule has 0 unspecified atom stereocenters. The van der Waals surface area contributed by atoms with Crippen LogP contribution in [0.4, 0.5) is 0 Å². The third-order valence-electron chi connectivity index (χ3n) is 18.3. The van der Waals surface area contributed by atoms with Crippen LogP contribution in [0, 0.1) is 0 Å². The number of hydrogen-bond acceptors (Lipinski definition) is 0. The van der Waals surface area contributed by atoms with Gasteiger partial charge in [0.05, 0.1) is 0 Å². The van der Waals surface area contributed by atoms with Crippen molar-refractivity contribution in [2.45, 2.75) is 0 Å². The number of benzene rings is 18. The van der Waals surface area contributed by atoms with Gasteiger partial charge in [-0.2, -0.15) is 0 Å². The van der Waals surface area contributed by atoms with Crippen LogP contribution in [-0.4, -0.2) is 0 Å². The summed E-state index contributed by atoms with van der Waals surface area (Å²) in [6, 6.07) is 194. The van der Waals surface area contributed by atoms with Crippen LogP contribution in [0.1, 0.15) is 8.56 Å². The van der Waals surface area contributed by atoms with Crippen LogP contribution < -0.4 is 95.5 Å². The van der Waals surface area contributed by atoms with Crippen molar-refractivity contribution in [2.75, 3.05) is 0 Å². The summed E-state index contributed by atoms with van der Waals surface area (Å²) in [6.07, 6.45) is 0. The second-order valence-corrected chi connectivity index (χ2v) is 39.4. The van der Waals surface area contributed by atoms with E-state index >= 15 is 0 Å². The number of hydrogen-bond donors (Lipinski definition) is 0. The van der Waals surface area contributed by atoms with Gasteiger partial charge in [-0.3, -0.25) is 0 Å². The van der Waals surface area contributed by atoms with Crippen molar-refractivity contribution in [3.8, 4) is 0 Å². The third-order valence-corrected chi connectivity index (χ3v) is 32.9. The first kappa shape index (κ1) is 98.8. The molecule has 0 radical (unpaired) electrons. The van der Waals surface area contributed by atoms with Crippen molar-refractivity contribution < 1.29 is 111 Å².